The van der Waals surface area contributed by atoms with Crippen molar-refractivity contribution in [2.45, 2.75) is 25.6 Å². The lowest BCUT2D eigenvalue weighted by molar-refractivity contribution is 0.119. The van der Waals surface area contributed by atoms with Crippen LogP contribution in [0.15, 0.2) is 30.3 Å². The lowest BCUT2D eigenvalue weighted by Gasteiger charge is -2.24. The third-order valence-electron chi connectivity index (χ3n) is 2.62. The number of hydrogen-bond donors (Lipinski definition) is 1. The molecule has 1 saturated heterocycles. The Hall–Kier alpha value is -1.59. The molecule has 1 fully saturated rings. The van der Waals surface area contributed by atoms with Crippen LogP contribution in [0.5, 0.6) is 0 Å². The van der Waals surface area contributed by atoms with Gasteiger partial charge in [0.05, 0.1) is 12.1 Å². The van der Waals surface area contributed by atoms with E-state index in [0.717, 1.165) is 5.56 Å². The van der Waals surface area contributed by atoms with E-state index < -0.39 is 5.54 Å². The molecule has 1 aliphatic rings. The third-order valence-corrected chi connectivity index (χ3v) is 2.62. The van der Waals surface area contributed by atoms with Crippen molar-refractivity contribution in [2.24, 2.45) is 0 Å². The monoisotopic (exact) mass is 250 g/mol. The maximum absolute atomic E-state index is 11.9. The molecule has 1 atom stereocenters. The Morgan fingerprint density at radius 3 is 2.72 bits per heavy atom. The maximum atomic E-state index is 11.9. The van der Waals surface area contributed by atoms with Gasteiger partial charge in [0.15, 0.2) is 0 Å². The number of carbonyl (C=O) groups excluding carboxylic acids is 1. The van der Waals surface area contributed by atoms with E-state index in [9.17, 15) is 4.79 Å². The number of ether oxygens (including phenoxy) is 1. The highest BCUT2D eigenvalue weighted by Crippen LogP contribution is 2.36. The molecular weight excluding hydrogens is 232 g/mol. The van der Waals surface area contributed by atoms with Gasteiger partial charge in [-0.2, -0.15) is 5.06 Å². The van der Waals surface area contributed by atoms with E-state index in [0.29, 0.717) is 6.61 Å². The highest BCUT2D eigenvalue weighted by Gasteiger charge is 2.44. The average molecular weight is 250 g/mol. The molecule has 1 aromatic carbocycles. The van der Waals surface area contributed by atoms with Gasteiger partial charge in [-0.1, -0.05) is 30.3 Å². The fraction of sp³-hybridized carbons (Fsp3) is 0.462. The molecule has 0 bridgehead atoms. The highest BCUT2D eigenvalue weighted by atomic mass is 16.8. The number of hydroxylamine groups is 2. The number of hydrogen-bond acceptors (Lipinski definition) is 3. The van der Waals surface area contributed by atoms with Crippen LogP contribution in [0.3, 0.4) is 0 Å². The normalized spacial score (nSPS) is 18.6. The molecule has 0 aliphatic carbocycles. The average Bonchev–Trinajstić information content (AvgIpc) is 3.09. The molecule has 0 saturated carbocycles. The smallest absolute Gasteiger partial charge is 0.344 e. The third kappa shape index (κ3) is 3.00. The van der Waals surface area contributed by atoms with E-state index in [1.807, 2.05) is 44.2 Å². The topological polar surface area (TPSA) is 53.9 Å². The van der Waals surface area contributed by atoms with E-state index in [1.54, 1.807) is 7.11 Å². The van der Waals surface area contributed by atoms with E-state index in [4.69, 9.17) is 9.57 Å². The van der Waals surface area contributed by atoms with Crippen molar-refractivity contribution in [3.05, 3.63) is 35.9 Å². The van der Waals surface area contributed by atoms with Crippen LogP contribution in [0.25, 0.3) is 0 Å². The number of amides is 2. The summed E-state index contributed by atoms with van der Waals surface area (Å²) in [6, 6.07) is 9.38. The second-order valence-electron chi connectivity index (χ2n) is 4.94. The Morgan fingerprint density at radius 1 is 1.44 bits per heavy atom. The second kappa shape index (κ2) is 4.96. The summed E-state index contributed by atoms with van der Waals surface area (Å²) in [5.41, 5.74) is 0.552. The molecule has 5 heteroatoms. The molecule has 1 unspecified atom stereocenters. The van der Waals surface area contributed by atoms with Gasteiger partial charge in [0.2, 0.25) is 6.23 Å². The van der Waals surface area contributed by atoms with Gasteiger partial charge in [-0.3, -0.25) is 0 Å². The zero-order valence-electron chi connectivity index (χ0n) is 10.8. The van der Waals surface area contributed by atoms with Crippen molar-refractivity contribution in [1.29, 1.82) is 0 Å². The molecule has 2 rings (SSSR count). The molecule has 1 N–H and O–H groups in total. The lowest BCUT2D eigenvalue weighted by Crippen LogP contribution is -2.48. The molecule has 1 heterocycles. The Morgan fingerprint density at radius 2 is 2.11 bits per heavy atom. The molecule has 98 valence electrons. The van der Waals surface area contributed by atoms with E-state index in [2.05, 4.69) is 5.32 Å². The van der Waals surface area contributed by atoms with E-state index in [1.165, 1.54) is 5.06 Å². The van der Waals surface area contributed by atoms with Gasteiger partial charge in [-0.05, 0) is 13.8 Å². The van der Waals surface area contributed by atoms with Crippen LogP contribution < -0.4 is 5.32 Å². The number of nitrogens with one attached hydrogen (secondary N) is 1. The number of urea groups is 1. The summed E-state index contributed by atoms with van der Waals surface area (Å²) in [6.07, 6.45) is -0.274. The zero-order chi connectivity index (χ0) is 13.2. The zero-order valence-corrected chi connectivity index (χ0v) is 10.8. The van der Waals surface area contributed by atoms with Gasteiger partial charge in [0.25, 0.3) is 0 Å². The van der Waals surface area contributed by atoms with Crippen LogP contribution in [-0.2, 0) is 9.57 Å². The molecule has 0 spiro atoms. The van der Waals surface area contributed by atoms with Crippen LogP contribution in [0.1, 0.15) is 25.6 Å². The van der Waals surface area contributed by atoms with Crippen LogP contribution in [0.2, 0.25) is 0 Å². The Labute approximate surface area is 107 Å². The number of benzene rings is 1. The first-order chi connectivity index (χ1) is 8.53. The second-order valence-corrected chi connectivity index (χ2v) is 4.94. The standard InChI is InChI=1S/C13H18N2O3/c1-13(2,9-17-3)14-12(16)15-11(18-15)10-7-5-4-6-8-10/h4-8,11H,9H2,1-3H3,(H,14,16). The summed E-state index contributed by atoms with van der Waals surface area (Å²) in [5.74, 6) is 0. The Bertz CT molecular complexity index is 420. The quantitative estimate of drug-likeness (QED) is 0.832. The fourth-order valence-corrected chi connectivity index (χ4v) is 1.79. The van der Waals surface area contributed by atoms with Gasteiger partial charge in [-0.15, -0.1) is 0 Å². The number of methoxy groups -OCH3 is 1. The Kier molecular flexibility index (Phi) is 3.54. The first kappa shape index (κ1) is 12.9. The van der Waals surface area contributed by atoms with Crippen LogP contribution in [0, 0.1) is 0 Å². The number of carbonyl (C=O) groups is 1. The van der Waals surface area contributed by atoms with Gasteiger partial charge < -0.3 is 10.1 Å². The molecule has 2 amide bonds. The van der Waals surface area contributed by atoms with Crippen molar-refractivity contribution in [3.63, 3.8) is 0 Å². The lowest BCUT2D eigenvalue weighted by atomic mass is 10.1. The van der Waals surface area contributed by atoms with Crippen molar-refractivity contribution in [1.82, 2.24) is 10.4 Å². The van der Waals surface area contributed by atoms with Crippen LogP contribution in [0.4, 0.5) is 4.79 Å². The van der Waals surface area contributed by atoms with Crippen molar-refractivity contribution in [3.8, 4) is 0 Å². The van der Waals surface area contributed by atoms with E-state index in [-0.39, 0.29) is 12.3 Å². The fourth-order valence-electron chi connectivity index (χ4n) is 1.79. The predicted octanol–water partition coefficient (Wildman–Crippen LogP) is 2.07. The van der Waals surface area contributed by atoms with Crippen molar-refractivity contribution >= 4 is 6.03 Å². The summed E-state index contributed by atoms with van der Waals surface area (Å²) >= 11 is 0. The van der Waals surface area contributed by atoms with Crippen molar-refractivity contribution in [2.75, 3.05) is 13.7 Å². The minimum Gasteiger partial charge on any atom is -0.382 e. The maximum Gasteiger partial charge on any atom is 0.344 e. The summed E-state index contributed by atoms with van der Waals surface area (Å²) in [4.78, 5) is 17.2. The molecular formula is C13H18N2O3. The van der Waals surface area contributed by atoms with Crippen LogP contribution >= 0.6 is 0 Å². The van der Waals surface area contributed by atoms with Gasteiger partial charge in [0, 0.05) is 12.7 Å². The van der Waals surface area contributed by atoms with Crippen LogP contribution in [-0.4, -0.2) is 30.3 Å². The molecule has 0 aromatic heterocycles. The summed E-state index contributed by atoms with van der Waals surface area (Å²) < 4.78 is 5.05. The first-order valence-corrected chi connectivity index (χ1v) is 5.85. The SMILES string of the molecule is COCC(C)(C)NC(=O)N1OC1c1ccccc1. The highest BCUT2D eigenvalue weighted by molar-refractivity contribution is 5.75. The largest absolute Gasteiger partial charge is 0.382 e. The summed E-state index contributed by atoms with van der Waals surface area (Å²) in [7, 11) is 1.61. The first-order valence-electron chi connectivity index (χ1n) is 5.85. The molecule has 1 aliphatic heterocycles. The van der Waals surface area contributed by atoms with Gasteiger partial charge in [0.1, 0.15) is 0 Å². The molecule has 1 aromatic rings. The molecule has 18 heavy (non-hydrogen) atoms. The minimum atomic E-state index is -0.418. The molecule has 5 nitrogen and oxygen atoms in total. The number of rotatable bonds is 4. The predicted molar refractivity (Wildman–Crippen MR) is 66.6 cm³/mol. The van der Waals surface area contributed by atoms with Gasteiger partial charge >= 0.3 is 6.03 Å². The number of nitrogens with zero attached hydrogens (tertiary/aromatic N) is 1. The van der Waals surface area contributed by atoms with Gasteiger partial charge in [-0.25, -0.2) is 9.63 Å². The van der Waals surface area contributed by atoms with Crippen molar-refractivity contribution < 1.29 is 14.4 Å². The summed E-state index contributed by atoms with van der Waals surface area (Å²) in [6.45, 7) is 4.24. The van der Waals surface area contributed by atoms with E-state index >= 15 is 0 Å². The summed E-state index contributed by atoms with van der Waals surface area (Å²) in [5, 5.41) is 4.18. The molecule has 0 radical (unpaired) electrons. The Balaban J connectivity index is 1.90. The minimum absolute atomic E-state index is 0.245.